The zero-order valence-electron chi connectivity index (χ0n) is 14.2. The number of nitrogens with zero attached hydrogens (tertiary/aromatic N) is 2. The van der Waals surface area contributed by atoms with E-state index in [-0.39, 0.29) is 0 Å². The largest absolute Gasteiger partial charge is 0.238 e. The highest BCUT2D eigenvalue weighted by Crippen LogP contribution is 2.22. The molecule has 2 nitrogen and oxygen atoms in total. The number of pyridine rings is 1. The molecule has 4 aromatic rings. The van der Waals surface area contributed by atoms with Crippen LogP contribution < -0.4 is 9.13 Å². The zero-order chi connectivity index (χ0) is 16.5. The molecule has 0 N–H and O–H groups in total. The summed E-state index contributed by atoms with van der Waals surface area (Å²) in [5.41, 5.74) is 4.10. The lowest BCUT2D eigenvalue weighted by atomic mass is 10.0. The molecule has 2 heterocycles. The predicted molar refractivity (Wildman–Crippen MR) is 100 cm³/mol. The summed E-state index contributed by atoms with van der Waals surface area (Å²) in [6, 6.07) is 19.6. The number of rotatable bonds is 4. The van der Waals surface area contributed by atoms with Crippen molar-refractivity contribution in [2.75, 3.05) is 0 Å². The summed E-state index contributed by atoms with van der Waals surface area (Å²) in [5, 5.41) is 2.84. The van der Waals surface area contributed by atoms with Gasteiger partial charge in [-0.1, -0.05) is 35.6 Å². The van der Waals surface area contributed by atoms with Crippen LogP contribution in [0.5, 0.6) is 0 Å². The number of para-hydroxylation sites is 2. The van der Waals surface area contributed by atoms with Crippen LogP contribution in [-0.2, 0) is 26.9 Å². The number of fused-ring (bicyclic) bond motifs is 2. The average Bonchev–Trinajstić information content (AvgIpc) is 2.94. The van der Waals surface area contributed by atoms with Crippen LogP contribution in [0.25, 0.3) is 21.1 Å². The molecule has 2 aromatic heterocycles. The summed E-state index contributed by atoms with van der Waals surface area (Å²) in [6.45, 7) is 0. The molecule has 3 heteroatoms. The number of hydrogen-bond acceptors (Lipinski definition) is 1. The Kier molecular flexibility index (Phi) is 4.03. The third-order valence-corrected chi connectivity index (χ3v) is 6.07. The van der Waals surface area contributed by atoms with Crippen molar-refractivity contribution in [2.24, 2.45) is 14.1 Å². The molecule has 4 rings (SSSR count). The maximum atomic E-state index is 2.35. The summed E-state index contributed by atoms with van der Waals surface area (Å²) in [7, 11) is 4.30. The van der Waals surface area contributed by atoms with E-state index in [4.69, 9.17) is 0 Å². The van der Waals surface area contributed by atoms with E-state index in [1.54, 1.807) is 0 Å². The Morgan fingerprint density at radius 3 is 2.42 bits per heavy atom. The number of thiazole rings is 1. The molecule has 120 valence electrons. The minimum Gasteiger partial charge on any atom is -0.201 e. The first-order chi connectivity index (χ1) is 11.7. The Morgan fingerprint density at radius 1 is 0.833 bits per heavy atom. The van der Waals surface area contributed by atoms with Gasteiger partial charge in [-0.05, 0) is 30.5 Å². The van der Waals surface area contributed by atoms with Gasteiger partial charge in [-0.2, -0.15) is 4.57 Å². The zero-order valence-corrected chi connectivity index (χ0v) is 15.0. The van der Waals surface area contributed by atoms with Crippen molar-refractivity contribution < 1.29 is 9.13 Å². The Hall–Kier alpha value is -2.26. The van der Waals surface area contributed by atoms with Gasteiger partial charge in [0.1, 0.15) is 18.8 Å². The average molecular weight is 334 g/mol. The first-order valence-corrected chi connectivity index (χ1v) is 9.28. The van der Waals surface area contributed by atoms with Gasteiger partial charge in [0.05, 0.1) is 0 Å². The van der Waals surface area contributed by atoms with Crippen LogP contribution in [0.3, 0.4) is 0 Å². The van der Waals surface area contributed by atoms with Crippen molar-refractivity contribution in [3.05, 3.63) is 71.4 Å². The first kappa shape index (κ1) is 15.3. The Labute approximate surface area is 146 Å². The molecular formula is C21H22N2S+2. The van der Waals surface area contributed by atoms with E-state index in [2.05, 4.69) is 84.0 Å². The van der Waals surface area contributed by atoms with Crippen LogP contribution in [0.2, 0.25) is 0 Å². The Balaban J connectivity index is 1.55. The second kappa shape index (κ2) is 6.33. The van der Waals surface area contributed by atoms with E-state index in [0.717, 1.165) is 12.8 Å². The molecule has 24 heavy (non-hydrogen) atoms. The predicted octanol–water partition coefficient (Wildman–Crippen LogP) is 3.88. The SMILES string of the molecule is C[n+]1ccc(CCCc2sc3ccccc3[n+]2C)c2ccccc21. The third-order valence-electron chi connectivity index (χ3n) is 4.79. The van der Waals surface area contributed by atoms with E-state index in [9.17, 15) is 0 Å². The Morgan fingerprint density at radius 2 is 1.58 bits per heavy atom. The van der Waals surface area contributed by atoms with E-state index >= 15 is 0 Å². The van der Waals surface area contributed by atoms with Crippen molar-refractivity contribution in [3.8, 4) is 0 Å². The quantitative estimate of drug-likeness (QED) is 0.500. The highest BCUT2D eigenvalue weighted by atomic mass is 32.1. The lowest BCUT2D eigenvalue weighted by Crippen LogP contribution is -2.30. The molecule has 0 aliphatic heterocycles. The topological polar surface area (TPSA) is 7.76 Å². The Bertz CT molecular complexity index is 1020. The number of hydrogen-bond donors (Lipinski definition) is 0. The molecule has 2 aromatic carbocycles. The second-order valence-corrected chi connectivity index (χ2v) is 7.46. The maximum absolute atomic E-state index is 2.35. The fourth-order valence-electron chi connectivity index (χ4n) is 3.44. The molecular weight excluding hydrogens is 312 g/mol. The van der Waals surface area contributed by atoms with Crippen LogP contribution in [0.15, 0.2) is 60.8 Å². The number of aryl methyl sites for hydroxylation is 4. The fraction of sp³-hybridized carbons (Fsp3) is 0.238. The highest BCUT2D eigenvalue weighted by Gasteiger charge is 2.16. The van der Waals surface area contributed by atoms with Crippen LogP contribution in [0.1, 0.15) is 17.0 Å². The lowest BCUT2D eigenvalue weighted by molar-refractivity contribution is -0.648. The van der Waals surface area contributed by atoms with Gasteiger partial charge >= 0.3 is 0 Å². The summed E-state index contributed by atoms with van der Waals surface area (Å²) >= 11 is 1.92. The van der Waals surface area contributed by atoms with Gasteiger partial charge in [0.2, 0.25) is 16.0 Å². The van der Waals surface area contributed by atoms with E-state index in [1.165, 1.54) is 38.1 Å². The molecule has 0 unspecified atom stereocenters. The molecule has 0 fully saturated rings. The van der Waals surface area contributed by atoms with Crippen molar-refractivity contribution >= 4 is 32.5 Å². The van der Waals surface area contributed by atoms with E-state index in [1.807, 2.05) is 11.3 Å². The number of benzene rings is 2. The molecule has 0 amide bonds. The van der Waals surface area contributed by atoms with Crippen LogP contribution >= 0.6 is 11.3 Å². The van der Waals surface area contributed by atoms with Gasteiger partial charge in [-0.15, -0.1) is 0 Å². The minimum atomic E-state index is 1.12. The molecule has 0 spiro atoms. The van der Waals surface area contributed by atoms with Crippen molar-refractivity contribution in [1.29, 1.82) is 0 Å². The lowest BCUT2D eigenvalue weighted by Gasteiger charge is -2.04. The van der Waals surface area contributed by atoms with Crippen LogP contribution in [-0.4, -0.2) is 0 Å². The van der Waals surface area contributed by atoms with E-state index < -0.39 is 0 Å². The van der Waals surface area contributed by atoms with Gasteiger partial charge in [-0.25, -0.2) is 4.57 Å². The summed E-state index contributed by atoms with van der Waals surface area (Å²) in [5.74, 6) is 0. The summed E-state index contributed by atoms with van der Waals surface area (Å²) in [6.07, 6.45) is 5.61. The first-order valence-electron chi connectivity index (χ1n) is 8.47. The molecule has 0 bridgehead atoms. The minimum absolute atomic E-state index is 1.12. The normalized spacial score (nSPS) is 11.4. The van der Waals surface area contributed by atoms with E-state index in [0.29, 0.717) is 0 Å². The van der Waals surface area contributed by atoms with Crippen molar-refractivity contribution in [2.45, 2.75) is 19.3 Å². The highest BCUT2D eigenvalue weighted by molar-refractivity contribution is 7.18. The molecule has 0 radical (unpaired) electrons. The standard InChI is InChI=1S/C21H22N2S/c1-22-15-14-16(17-9-3-4-10-18(17)22)8-7-13-21-23(2)19-11-5-6-12-20(19)24-21/h3-6,9-12,14-15H,7-8,13H2,1-2H3/q+2. The van der Waals surface area contributed by atoms with Gasteiger partial charge in [-0.3, -0.25) is 0 Å². The monoisotopic (exact) mass is 334 g/mol. The van der Waals surface area contributed by atoms with Gasteiger partial charge in [0.25, 0.3) is 0 Å². The molecule has 0 saturated heterocycles. The molecule has 0 saturated carbocycles. The summed E-state index contributed by atoms with van der Waals surface area (Å²) in [4.78, 5) is 0. The van der Waals surface area contributed by atoms with Gasteiger partial charge in [0, 0.05) is 30.0 Å². The molecule has 0 atom stereocenters. The van der Waals surface area contributed by atoms with Crippen LogP contribution in [0.4, 0.5) is 0 Å². The molecule has 0 aliphatic rings. The van der Waals surface area contributed by atoms with Crippen molar-refractivity contribution in [1.82, 2.24) is 0 Å². The van der Waals surface area contributed by atoms with Gasteiger partial charge in [0.15, 0.2) is 6.20 Å². The fourth-order valence-corrected chi connectivity index (χ4v) is 4.63. The number of aromatic nitrogens is 2. The van der Waals surface area contributed by atoms with Crippen LogP contribution in [0, 0.1) is 0 Å². The molecule has 0 aliphatic carbocycles. The smallest absolute Gasteiger partial charge is 0.201 e. The summed E-state index contributed by atoms with van der Waals surface area (Å²) < 4.78 is 5.93. The maximum Gasteiger partial charge on any atom is 0.238 e. The van der Waals surface area contributed by atoms with Crippen molar-refractivity contribution in [3.63, 3.8) is 0 Å². The van der Waals surface area contributed by atoms with Gasteiger partial charge < -0.3 is 0 Å². The second-order valence-electron chi connectivity index (χ2n) is 6.35. The third kappa shape index (κ3) is 2.69.